The lowest BCUT2D eigenvalue weighted by Gasteiger charge is -2.26. The van der Waals surface area contributed by atoms with Crippen LogP contribution in [0, 0.1) is 6.92 Å². The van der Waals surface area contributed by atoms with Crippen LogP contribution in [0.3, 0.4) is 0 Å². The second-order valence-electron chi connectivity index (χ2n) is 5.13. The molecular formula is C14H21NO3S. The van der Waals surface area contributed by atoms with Crippen molar-refractivity contribution < 1.29 is 13.2 Å². The Morgan fingerprint density at radius 2 is 2.05 bits per heavy atom. The van der Waals surface area contributed by atoms with E-state index in [0.717, 1.165) is 42.7 Å². The van der Waals surface area contributed by atoms with Crippen molar-refractivity contribution in [1.82, 2.24) is 5.32 Å². The Morgan fingerprint density at radius 1 is 1.32 bits per heavy atom. The van der Waals surface area contributed by atoms with Gasteiger partial charge in [-0.3, -0.25) is 0 Å². The third-order valence-electron chi connectivity index (χ3n) is 3.61. The number of rotatable bonds is 3. The Morgan fingerprint density at radius 3 is 2.58 bits per heavy atom. The van der Waals surface area contributed by atoms with Crippen molar-refractivity contribution in [2.45, 2.75) is 37.1 Å². The van der Waals surface area contributed by atoms with Gasteiger partial charge in [-0.15, -0.1) is 0 Å². The van der Waals surface area contributed by atoms with Crippen LogP contribution < -0.4 is 10.1 Å². The number of nitrogens with one attached hydrogen (secondary N) is 1. The summed E-state index contributed by atoms with van der Waals surface area (Å²) in [5.41, 5.74) is 1.69. The number of methoxy groups -OCH3 is 1. The van der Waals surface area contributed by atoms with E-state index in [9.17, 15) is 8.42 Å². The van der Waals surface area contributed by atoms with Crippen molar-refractivity contribution in [2.75, 3.05) is 19.9 Å². The Bertz CT molecular complexity index is 560. The largest absolute Gasteiger partial charge is 0.496 e. The third-order valence-corrected chi connectivity index (χ3v) is 4.76. The van der Waals surface area contributed by atoms with Gasteiger partial charge < -0.3 is 10.1 Å². The molecule has 106 valence electrons. The normalized spacial score (nSPS) is 20.3. The Balaban J connectivity index is 2.55. The highest BCUT2D eigenvalue weighted by molar-refractivity contribution is 7.90. The van der Waals surface area contributed by atoms with Crippen LogP contribution in [0.15, 0.2) is 17.0 Å². The van der Waals surface area contributed by atoms with Gasteiger partial charge in [0.25, 0.3) is 0 Å². The van der Waals surface area contributed by atoms with Gasteiger partial charge in [0.2, 0.25) is 0 Å². The van der Waals surface area contributed by atoms with Crippen molar-refractivity contribution >= 4 is 9.84 Å². The highest BCUT2D eigenvalue weighted by Gasteiger charge is 2.24. The highest BCUT2D eigenvalue weighted by atomic mass is 32.2. The van der Waals surface area contributed by atoms with Crippen LogP contribution in [0.2, 0.25) is 0 Å². The number of piperidine rings is 1. The predicted molar refractivity (Wildman–Crippen MR) is 75.4 cm³/mol. The van der Waals surface area contributed by atoms with Crippen molar-refractivity contribution in [2.24, 2.45) is 0 Å². The smallest absolute Gasteiger partial charge is 0.175 e. The van der Waals surface area contributed by atoms with Crippen LogP contribution in [0.25, 0.3) is 0 Å². The molecule has 1 aromatic carbocycles. The van der Waals surface area contributed by atoms with Crippen LogP contribution in [0.5, 0.6) is 5.75 Å². The Kier molecular flexibility index (Phi) is 4.16. The van der Waals surface area contributed by atoms with Crippen molar-refractivity contribution in [3.05, 3.63) is 23.3 Å². The molecule has 1 heterocycles. The summed E-state index contributed by atoms with van der Waals surface area (Å²) in [5.74, 6) is 0.745. The summed E-state index contributed by atoms with van der Waals surface area (Å²) < 4.78 is 29.3. The van der Waals surface area contributed by atoms with Gasteiger partial charge in [-0.25, -0.2) is 8.42 Å². The molecule has 1 aromatic rings. The number of sulfone groups is 1. The Labute approximate surface area is 115 Å². The third kappa shape index (κ3) is 3.09. The minimum absolute atomic E-state index is 0.105. The van der Waals surface area contributed by atoms with Gasteiger partial charge in [-0.1, -0.05) is 6.42 Å². The minimum atomic E-state index is -3.23. The van der Waals surface area contributed by atoms with Crippen LogP contribution >= 0.6 is 0 Å². The molecule has 1 N–H and O–H groups in total. The molecule has 4 nitrogen and oxygen atoms in total. The molecule has 1 saturated heterocycles. The van der Waals surface area contributed by atoms with E-state index in [1.165, 1.54) is 6.26 Å². The molecule has 0 aromatic heterocycles. The first-order valence-corrected chi connectivity index (χ1v) is 8.44. The summed E-state index contributed by atoms with van der Waals surface area (Å²) in [6.45, 7) is 2.80. The number of hydrogen-bond acceptors (Lipinski definition) is 4. The van der Waals surface area contributed by atoms with Crippen LogP contribution in [0.1, 0.15) is 36.4 Å². The molecule has 0 aliphatic carbocycles. The number of ether oxygens (including phenoxy) is 1. The summed E-state index contributed by atoms with van der Waals surface area (Å²) in [4.78, 5) is 0.421. The lowest BCUT2D eigenvalue weighted by atomic mass is 9.96. The van der Waals surface area contributed by atoms with E-state index in [1.807, 2.05) is 13.0 Å². The average molecular weight is 283 g/mol. The van der Waals surface area contributed by atoms with E-state index in [4.69, 9.17) is 4.74 Å². The summed E-state index contributed by atoms with van der Waals surface area (Å²) in [7, 11) is -1.61. The van der Waals surface area contributed by atoms with Gasteiger partial charge >= 0.3 is 0 Å². The lowest BCUT2D eigenvalue weighted by molar-refractivity contribution is 0.394. The molecule has 1 unspecified atom stereocenters. The van der Waals surface area contributed by atoms with E-state index >= 15 is 0 Å². The molecule has 1 aliphatic rings. The zero-order valence-electron chi connectivity index (χ0n) is 11.7. The van der Waals surface area contributed by atoms with Crippen LogP contribution in [-0.4, -0.2) is 28.3 Å². The van der Waals surface area contributed by atoms with Gasteiger partial charge in [0.1, 0.15) is 5.75 Å². The van der Waals surface area contributed by atoms with E-state index in [1.54, 1.807) is 13.2 Å². The maximum atomic E-state index is 12.0. The monoisotopic (exact) mass is 283 g/mol. The first-order valence-electron chi connectivity index (χ1n) is 6.55. The first-order chi connectivity index (χ1) is 8.93. The number of benzene rings is 1. The number of aryl methyl sites for hydroxylation is 1. The zero-order valence-corrected chi connectivity index (χ0v) is 12.5. The maximum Gasteiger partial charge on any atom is 0.175 e. The SMILES string of the molecule is COc1cc(C2CCCCN2)c(S(C)(=O)=O)cc1C. The second kappa shape index (κ2) is 5.51. The van der Waals surface area contributed by atoms with Gasteiger partial charge in [0.05, 0.1) is 12.0 Å². The minimum Gasteiger partial charge on any atom is -0.496 e. The maximum absolute atomic E-state index is 12.0. The predicted octanol–water partition coefficient (Wildman–Crippen LogP) is 2.22. The Hall–Kier alpha value is -1.07. The molecule has 0 spiro atoms. The molecule has 19 heavy (non-hydrogen) atoms. The topological polar surface area (TPSA) is 55.4 Å². The van der Waals surface area contributed by atoms with E-state index in [-0.39, 0.29) is 6.04 Å². The molecule has 0 bridgehead atoms. The second-order valence-corrected chi connectivity index (χ2v) is 7.12. The highest BCUT2D eigenvalue weighted by Crippen LogP contribution is 2.33. The van der Waals surface area contributed by atoms with Crippen molar-refractivity contribution in [3.8, 4) is 5.75 Å². The molecule has 1 fully saturated rings. The van der Waals surface area contributed by atoms with E-state index in [0.29, 0.717) is 4.90 Å². The van der Waals surface area contributed by atoms with Gasteiger partial charge in [0.15, 0.2) is 9.84 Å². The molecule has 0 saturated carbocycles. The van der Waals surface area contributed by atoms with Crippen molar-refractivity contribution in [1.29, 1.82) is 0 Å². The number of hydrogen-bond donors (Lipinski definition) is 1. The standard InChI is InChI=1S/C14H21NO3S/c1-10-8-14(19(3,16)17)11(9-13(10)18-2)12-6-4-5-7-15-12/h8-9,12,15H,4-7H2,1-3H3. The molecule has 1 atom stereocenters. The van der Waals surface area contributed by atoms with Gasteiger partial charge in [-0.2, -0.15) is 0 Å². The molecule has 0 radical (unpaired) electrons. The summed E-state index contributed by atoms with van der Waals surface area (Å²) >= 11 is 0. The summed E-state index contributed by atoms with van der Waals surface area (Å²) in [5, 5.41) is 3.40. The van der Waals surface area contributed by atoms with Crippen LogP contribution in [-0.2, 0) is 9.84 Å². The van der Waals surface area contributed by atoms with E-state index in [2.05, 4.69) is 5.32 Å². The summed E-state index contributed by atoms with van der Waals surface area (Å²) in [6, 6.07) is 3.70. The quantitative estimate of drug-likeness (QED) is 0.924. The van der Waals surface area contributed by atoms with Crippen LogP contribution in [0.4, 0.5) is 0 Å². The first kappa shape index (κ1) is 14.3. The van der Waals surface area contributed by atoms with Gasteiger partial charge in [0, 0.05) is 12.3 Å². The molecule has 2 rings (SSSR count). The molecule has 1 aliphatic heterocycles. The fourth-order valence-electron chi connectivity index (χ4n) is 2.61. The average Bonchev–Trinajstić information content (AvgIpc) is 2.38. The fraction of sp³-hybridized carbons (Fsp3) is 0.571. The van der Waals surface area contributed by atoms with Crippen molar-refractivity contribution in [3.63, 3.8) is 0 Å². The zero-order chi connectivity index (χ0) is 14.0. The fourth-order valence-corrected chi connectivity index (χ4v) is 3.63. The van der Waals surface area contributed by atoms with E-state index < -0.39 is 9.84 Å². The molecule has 5 heteroatoms. The molecule has 0 amide bonds. The lowest BCUT2D eigenvalue weighted by Crippen LogP contribution is -2.28. The van der Waals surface area contributed by atoms with Gasteiger partial charge in [-0.05, 0) is 49.6 Å². The molecular weight excluding hydrogens is 262 g/mol. The summed E-state index contributed by atoms with van der Waals surface area (Å²) in [6.07, 6.45) is 4.50.